The average Bonchev–Trinajstić information content (AvgIpc) is 3.11. The van der Waals surface area contributed by atoms with Gasteiger partial charge in [0, 0.05) is 18.3 Å². The van der Waals surface area contributed by atoms with E-state index in [0.29, 0.717) is 31.1 Å². The van der Waals surface area contributed by atoms with E-state index in [9.17, 15) is 14.0 Å². The predicted molar refractivity (Wildman–Crippen MR) is 93.8 cm³/mol. The molecule has 2 fully saturated rings. The minimum absolute atomic E-state index is 0.0670. The van der Waals surface area contributed by atoms with E-state index >= 15 is 0 Å². The first kappa shape index (κ1) is 17.7. The predicted octanol–water partition coefficient (Wildman–Crippen LogP) is 2.16. The highest BCUT2D eigenvalue weighted by Crippen LogP contribution is 2.32. The van der Waals surface area contributed by atoms with Gasteiger partial charge in [0.1, 0.15) is 23.8 Å². The fourth-order valence-electron chi connectivity index (χ4n) is 3.72. The first-order valence-electron chi connectivity index (χ1n) is 8.88. The molecule has 2 aromatic rings. The second-order valence-electron chi connectivity index (χ2n) is 7.08. The maximum absolute atomic E-state index is 13.2. The summed E-state index contributed by atoms with van der Waals surface area (Å²) in [6.45, 7) is 2.95. The number of carbonyl (C=O) groups is 2. The maximum atomic E-state index is 13.2. The van der Waals surface area contributed by atoms with Crippen LogP contribution < -0.4 is 4.90 Å². The Hall–Kier alpha value is -2.74. The van der Waals surface area contributed by atoms with Gasteiger partial charge in [0.2, 0.25) is 0 Å². The summed E-state index contributed by atoms with van der Waals surface area (Å²) in [6.07, 6.45) is 1.49. The van der Waals surface area contributed by atoms with Gasteiger partial charge in [0.25, 0.3) is 11.8 Å². The number of rotatable bonds is 2. The SMILES string of the molecule is Cc1cc(C(=O)N2CCCC3(C2)CN(c2ccc(F)cc2)C(=O)CO3)no1. The van der Waals surface area contributed by atoms with E-state index in [0.717, 1.165) is 12.8 Å². The summed E-state index contributed by atoms with van der Waals surface area (Å²) < 4.78 is 24.1. The molecule has 2 amide bonds. The fraction of sp³-hybridized carbons (Fsp3) is 0.421. The van der Waals surface area contributed by atoms with Gasteiger partial charge >= 0.3 is 0 Å². The number of benzene rings is 1. The number of likely N-dealkylation sites (tertiary alicyclic amines) is 1. The number of piperidine rings is 1. The zero-order chi connectivity index (χ0) is 19.0. The number of ether oxygens (including phenoxy) is 1. The monoisotopic (exact) mass is 373 g/mol. The summed E-state index contributed by atoms with van der Waals surface area (Å²) in [5.74, 6) is -0.166. The van der Waals surface area contributed by atoms with Crippen molar-refractivity contribution in [3.63, 3.8) is 0 Å². The van der Waals surface area contributed by atoms with Gasteiger partial charge in [-0.25, -0.2) is 4.39 Å². The van der Waals surface area contributed by atoms with Crippen molar-refractivity contribution < 1.29 is 23.2 Å². The average molecular weight is 373 g/mol. The van der Waals surface area contributed by atoms with Gasteiger partial charge in [-0.2, -0.15) is 0 Å². The molecule has 3 heterocycles. The Bertz CT molecular complexity index is 866. The van der Waals surface area contributed by atoms with E-state index in [2.05, 4.69) is 5.16 Å². The number of aromatic nitrogens is 1. The zero-order valence-electron chi connectivity index (χ0n) is 15.0. The first-order valence-corrected chi connectivity index (χ1v) is 8.88. The Labute approximate surface area is 155 Å². The number of amides is 2. The molecule has 0 N–H and O–H groups in total. The molecule has 1 aromatic heterocycles. The number of anilines is 1. The largest absolute Gasteiger partial charge is 0.361 e. The van der Waals surface area contributed by atoms with E-state index in [1.165, 1.54) is 12.1 Å². The van der Waals surface area contributed by atoms with Crippen LogP contribution in [-0.4, -0.2) is 53.7 Å². The van der Waals surface area contributed by atoms with Crippen LogP contribution in [0.1, 0.15) is 29.1 Å². The van der Waals surface area contributed by atoms with Gasteiger partial charge in [-0.05, 0) is 44.0 Å². The maximum Gasteiger partial charge on any atom is 0.276 e. The summed E-state index contributed by atoms with van der Waals surface area (Å²) in [6, 6.07) is 7.43. The standard InChI is InChI=1S/C19H20FN3O4/c1-13-9-16(21-27-13)18(25)22-8-2-7-19(11-22)12-23(17(24)10-26-19)15-5-3-14(20)4-6-15/h3-6,9H,2,7-8,10-12H2,1H3. The molecule has 27 heavy (non-hydrogen) atoms. The highest BCUT2D eigenvalue weighted by atomic mass is 19.1. The van der Waals surface area contributed by atoms with Crippen LogP contribution in [0.4, 0.5) is 10.1 Å². The van der Waals surface area contributed by atoms with Crippen molar-refractivity contribution in [2.75, 3.05) is 31.1 Å². The molecule has 1 spiro atoms. The lowest BCUT2D eigenvalue weighted by atomic mass is 9.90. The van der Waals surface area contributed by atoms with Crippen LogP contribution in [0, 0.1) is 12.7 Å². The van der Waals surface area contributed by atoms with Crippen LogP contribution in [0.15, 0.2) is 34.9 Å². The van der Waals surface area contributed by atoms with E-state index in [1.807, 2.05) is 0 Å². The van der Waals surface area contributed by atoms with Crippen molar-refractivity contribution in [2.45, 2.75) is 25.4 Å². The van der Waals surface area contributed by atoms with Crippen molar-refractivity contribution in [1.29, 1.82) is 0 Å². The quantitative estimate of drug-likeness (QED) is 0.806. The normalized spacial score (nSPS) is 23.1. The molecule has 2 saturated heterocycles. The van der Waals surface area contributed by atoms with Crippen LogP contribution in [-0.2, 0) is 9.53 Å². The van der Waals surface area contributed by atoms with Gasteiger partial charge in [-0.1, -0.05) is 5.16 Å². The molecule has 0 bridgehead atoms. The van der Waals surface area contributed by atoms with Crippen LogP contribution in [0.5, 0.6) is 0 Å². The molecule has 1 atom stereocenters. The van der Waals surface area contributed by atoms with Crippen molar-refractivity contribution in [3.05, 3.63) is 47.6 Å². The summed E-state index contributed by atoms with van der Waals surface area (Å²) in [7, 11) is 0. The molecule has 142 valence electrons. The minimum Gasteiger partial charge on any atom is -0.361 e. The first-order chi connectivity index (χ1) is 13.0. The van der Waals surface area contributed by atoms with E-state index in [4.69, 9.17) is 9.26 Å². The molecule has 0 aliphatic carbocycles. The summed E-state index contributed by atoms with van der Waals surface area (Å²) in [5.41, 5.74) is 0.251. The number of hydrogen-bond acceptors (Lipinski definition) is 5. The molecular formula is C19H20FN3O4. The molecule has 0 radical (unpaired) electrons. The van der Waals surface area contributed by atoms with Crippen molar-refractivity contribution >= 4 is 17.5 Å². The van der Waals surface area contributed by atoms with Gasteiger partial charge < -0.3 is 19.1 Å². The lowest BCUT2D eigenvalue weighted by Crippen LogP contribution is -2.62. The molecule has 1 unspecified atom stereocenters. The number of hydrogen-bond donors (Lipinski definition) is 0. The lowest BCUT2D eigenvalue weighted by Gasteiger charge is -2.47. The number of aryl methyl sites for hydroxylation is 1. The van der Waals surface area contributed by atoms with Crippen molar-refractivity contribution in [1.82, 2.24) is 10.1 Å². The minimum atomic E-state index is -0.644. The van der Waals surface area contributed by atoms with Crippen LogP contribution in [0.25, 0.3) is 0 Å². The fourth-order valence-corrected chi connectivity index (χ4v) is 3.72. The zero-order valence-corrected chi connectivity index (χ0v) is 15.0. The van der Waals surface area contributed by atoms with Crippen LogP contribution >= 0.6 is 0 Å². The van der Waals surface area contributed by atoms with E-state index in [-0.39, 0.29) is 29.9 Å². The second kappa shape index (κ2) is 6.77. The summed E-state index contributed by atoms with van der Waals surface area (Å²) >= 11 is 0. The highest BCUT2D eigenvalue weighted by molar-refractivity contribution is 5.95. The Balaban J connectivity index is 1.54. The number of carbonyl (C=O) groups excluding carboxylic acids is 2. The third-order valence-corrected chi connectivity index (χ3v) is 5.06. The Morgan fingerprint density at radius 2 is 2.04 bits per heavy atom. The molecule has 4 rings (SSSR count). The topological polar surface area (TPSA) is 75.9 Å². The van der Waals surface area contributed by atoms with Gasteiger partial charge in [0.15, 0.2) is 5.69 Å². The van der Waals surface area contributed by atoms with Crippen molar-refractivity contribution in [3.8, 4) is 0 Å². The van der Waals surface area contributed by atoms with Gasteiger partial charge in [0.05, 0.1) is 13.1 Å². The lowest BCUT2D eigenvalue weighted by molar-refractivity contribution is -0.144. The highest BCUT2D eigenvalue weighted by Gasteiger charge is 2.44. The van der Waals surface area contributed by atoms with Crippen LogP contribution in [0.3, 0.4) is 0 Å². The number of halogens is 1. The van der Waals surface area contributed by atoms with E-state index < -0.39 is 5.60 Å². The molecule has 7 nitrogen and oxygen atoms in total. The molecule has 1 aromatic carbocycles. The van der Waals surface area contributed by atoms with E-state index in [1.54, 1.807) is 34.9 Å². The van der Waals surface area contributed by atoms with Gasteiger partial charge in [-0.3, -0.25) is 9.59 Å². The Morgan fingerprint density at radius 3 is 2.74 bits per heavy atom. The van der Waals surface area contributed by atoms with Gasteiger partial charge in [-0.15, -0.1) is 0 Å². The third kappa shape index (κ3) is 3.44. The van der Waals surface area contributed by atoms with Crippen molar-refractivity contribution in [2.24, 2.45) is 0 Å². The summed E-state index contributed by atoms with van der Waals surface area (Å²) in [4.78, 5) is 28.4. The molecule has 8 heteroatoms. The Kier molecular flexibility index (Phi) is 4.43. The number of nitrogens with zero attached hydrogens (tertiary/aromatic N) is 3. The Morgan fingerprint density at radius 1 is 1.26 bits per heavy atom. The third-order valence-electron chi connectivity index (χ3n) is 5.06. The molecule has 0 saturated carbocycles. The summed E-state index contributed by atoms with van der Waals surface area (Å²) in [5, 5.41) is 3.80. The smallest absolute Gasteiger partial charge is 0.276 e. The molecule has 2 aliphatic heterocycles. The molecular weight excluding hydrogens is 353 g/mol. The van der Waals surface area contributed by atoms with Crippen LogP contribution in [0.2, 0.25) is 0 Å². The second-order valence-corrected chi connectivity index (χ2v) is 7.08. The number of morpholine rings is 1. The molecule has 2 aliphatic rings.